The standard InChI is InChI=1S/C16H29N3O2/c1-12(2)18(3)15(20)13-7-10-19(11-8-13)16(21)14-6-4-5-9-17-14/h12-14,17H,4-11H2,1-3H3. The normalized spacial score (nSPS) is 24.2. The van der Waals surface area contributed by atoms with Crippen molar-refractivity contribution in [3.05, 3.63) is 0 Å². The lowest BCUT2D eigenvalue weighted by atomic mass is 9.94. The van der Waals surface area contributed by atoms with Crippen molar-refractivity contribution in [2.75, 3.05) is 26.7 Å². The Bertz CT molecular complexity index is 370. The van der Waals surface area contributed by atoms with Crippen LogP contribution >= 0.6 is 0 Å². The Balaban J connectivity index is 1.82. The summed E-state index contributed by atoms with van der Waals surface area (Å²) in [7, 11) is 1.87. The fourth-order valence-corrected chi connectivity index (χ4v) is 3.17. The molecule has 1 unspecified atom stereocenters. The third-order valence-corrected chi connectivity index (χ3v) is 4.89. The lowest BCUT2D eigenvalue weighted by molar-refractivity contribution is -0.142. The van der Waals surface area contributed by atoms with E-state index in [0.29, 0.717) is 0 Å². The van der Waals surface area contributed by atoms with E-state index in [0.717, 1.165) is 45.3 Å². The number of hydrogen-bond donors (Lipinski definition) is 1. The second kappa shape index (κ2) is 7.25. The predicted molar refractivity (Wildman–Crippen MR) is 82.9 cm³/mol. The van der Waals surface area contributed by atoms with Crippen LogP contribution in [-0.2, 0) is 9.59 Å². The molecule has 21 heavy (non-hydrogen) atoms. The maximum Gasteiger partial charge on any atom is 0.239 e. The Morgan fingerprint density at radius 1 is 1.14 bits per heavy atom. The van der Waals surface area contributed by atoms with Crippen LogP contribution in [0, 0.1) is 5.92 Å². The number of amides is 2. The summed E-state index contributed by atoms with van der Waals surface area (Å²) < 4.78 is 0. The van der Waals surface area contributed by atoms with Gasteiger partial charge in [0.05, 0.1) is 6.04 Å². The minimum Gasteiger partial charge on any atom is -0.343 e. The van der Waals surface area contributed by atoms with Crippen molar-refractivity contribution in [1.29, 1.82) is 0 Å². The molecule has 0 radical (unpaired) electrons. The van der Waals surface area contributed by atoms with Gasteiger partial charge in [0.2, 0.25) is 11.8 Å². The summed E-state index contributed by atoms with van der Waals surface area (Å²) in [6.07, 6.45) is 4.86. The molecule has 0 spiro atoms. The lowest BCUT2D eigenvalue weighted by Gasteiger charge is -2.36. The SMILES string of the molecule is CC(C)N(C)C(=O)C1CCN(C(=O)C2CCCCN2)CC1. The van der Waals surface area contributed by atoms with Gasteiger partial charge in [0, 0.05) is 32.1 Å². The topological polar surface area (TPSA) is 52.7 Å². The summed E-state index contributed by atoms with van der Waals surface area (Å²) in [5.41, 5.74) is 0. The van der Waals surface area contributed by atoms with Crippen molar-refractivity contribution in [3.63, 3.8) is 0 Å². The first kappa shape index (κ1) is 16.3. The van der Waals surface area contributed by atoms with E-state index < -0.39 is 0 Å². The second-order valence-electron chi connectivity index (χ2n) is 6.64. The molecule has 0 aromatic carbocycles. The highest BCUT2D eigenvalue weighted by molar-refractivity contribution is 5.83. The van der Waals surface area contributed by atoms with Crippen LogP contribution in [0.15, 0.2) is 0 Å². The highest BCUT2D eigenvalue weighted by atomic mass is 16.2. The van der Waals surface area contributed by atoms with Gasteiger partial charge in [-0.25, -0.2) is 0 Å². The van der Waals surface area contributed by atoms with E-state index in [1.807, 2.05) is 30.7 Å². The van der Waals surface area contributed by atoms with Crippen LogP contribution in [0.3, 0.4) is 0 Å². The van der Waals surface area contributed by atoms with Gasteiger partial charge in [0.15, 0.2) is 0 Å². The minimum atomic E-state index is 0.00402. The van der Waals surface area contributed by atoms with Crippen molar-refractivity contribution in [2.24, 2.45) is 5.92 Å². The molecule has 0 aromatic rings. The fourth-order valence-electron chi connectivity index (χ4n) is 3.17. The highest BCUT2D eigenvalue weighted by Crippen LogP contribution is 2.21. The van der Waals surface area contributed by atoms with Crippen LogP contribution in [-0.4, -0.2) is 60.4 Å². The molecular weight excluding hydrogens is 266 g/mol. The summed E-state index contributed by atoms with van der Waals surface area (Å²) in [4.78, 5) is 28.5. The van der Waals surface area contributed by atoms with Crippen LogP contribution < -0.4 is 5.32 Å². The maximum absolute atomic E-state index is 12.4. The van der Waals surface area contributed by atoms with E-state index in [2.05, 4.69) is 5.32 Å². The van der Waals surface area contributed by atoms with Crippen LogP contribution in [0.2, 0.25) is 0 Å². The zero-order valence-electron chi connectivity index (χ0n) is 13.6. The van der Waals surface area contributed by atoms with Crippen LogP contribution in [0.4, 0.5) is 0 Å². The highest BCUT2D eigenvalue weighted by Gasteiger charge is 2.32. The van der Waals surface area contributed by atoms with Crippen molar-refractivity contribution < 1.29 is 9.59 Å². The minimum absolute atomic E-state index is 0.00402. The smallest absolute Gasteiger partial charge is 0.239 e. The van der Waals surface area contributed by atoms with Crippen LogP contribution in [0.25, 0.3) is 0 Å². The average Bonchev–Trinajstić information content (AvgIpc) is 2.53. The Morgan fingerprint density at radius 2 is 1.81 bits per heavy atom. The Labute approximate surface area is 128 Å². The zero-order chi connectivity index (χ0) is 15.4. The molecule has 0 bridgehead atoms. The van der Waals surface area contributed by atoms with Gasteiger partial charge in [0.25, 0.3) is 0 Å². The number of rotatable bonds is 3. The lowest BCUT2D eigenvalue weighted by Crippen LogP contribution is -2.52. The van der Waals surface area contributed by atoms with E-state index in [1.54, 1.807) is 0 Å². The van der Waals surface area contributed by atoms with E-state index in [-0.39, 0.29) is 29.8 Å². The summed E-state index contributed by atoms with van der Waals surface area (Å²) in [6.45, 7) is 6.46. The molecule has 5 heteroatoms. The number of nitrogens with zero attached hydrogens (tertiary/aromatic N) is 2. The fraction of sp³-hybridized carbons (Fsp3) is 0.875. The summed E-state index contributed by atoms with van der Waals surface area (Å²) in [6, 6.07) is 0.243. The summed E-state index contributed by atoms with van der Waals surface area (Å²) in [5, 5.41) is 3.32. The molecule has 2 saturated heterocycles. The van der Waals surface area contributed by atoms with Gasteiger partial charge in [-0.3, -0.25) is 9.59 Å². The van der Waals surface area contributed by atoms with E-state index in [9.17, 15) is 9.59 Å². The summed E-state index contributed by atoms with van der Waals surface area (Å²) in [5.74, 6) is 0.548. The Kier molecular flexibility index (Phi) is 5.62. The number of piperidine rings is 2. The van der Waals surface area contributed by atoms with Crippen LogP contribution in [0.5, 0.6) is 0 Å². The molecule has 2 heterocycles. The molecule has 2 rings (SSSR count). The molecule has 2 aliphatic heterocycles. The quantitative estimate of drug-likeness (QED) is 0.852. The molecule has 0 aliphatic carbocycles. The first-order chi connectivity index (χ1) is 10.0. The Morgan fingerprint density at radius 3 is 2.33 bits per heavy atom. The van der Waals surface area contributed by atoms with Crippen molar-refractivity contribution in [2.45, 2.75) is 58.0 Å². The number of carbonyl (C=O) groups is 2. The van der Waals surface area contributed by atoms with Gasteiger partial charge >= 0.3 is 0 Å². The van der Waals surface area contributed by atoms with E-state index >= 15 is 0 Å². The maximum atomic E-state index is 12.4. The molecule has 2 aliphatic rings. The molecule has 0 saturated carbocycles. The van der Waals surface area contributed by atoms with Gasteiger partial charge in [0.1, 0.15) is 0 Å². The molecule has 1 atom stereocenters. The second-order valence-corrected chi connectivity index (χ2v) is 6.64. The van der Waals surface area contributed by atoms with Gasteiger partial charge < -0.3 is 15.1 Å². The van der Waals surface area contributed by atoms with Gasteiger partial charge in [-0.05, 0) is 46.1 Å². The molecule has 2 amide bonds. The van der Waals surface area contributed by atoms with Crippen molar-refractivity contribution in [3.8, 4) is 0 Å². The van der Waals surface area contributed by atoms with E-state index in [4.69, 9.17) is 0 Å². The number of nitrogens with one attached hydrogen (secondary N) is 1. The van der Waals surface area contributed by atoms with Crippen molar-refractivity contribution >= 4 is 11.8 Å². The van der Waals surface area contributed by atoms with Crippen LogP contribution in [0.1, 0.15) is 46.0 Å². The largest absolute Gasteiger partial charge is 0.343 e. The number of carbonyl (C=O) groups excluding carboxylic acids is 2. The predicted octanol–water partition coefficient (Wildman–Crippen LogP) is 1.23. The molecule has 2 fully saturated rings. The van der Waals surface area contributed by atoms with Gasteiger partial charge in [-0.1, -0.05) is 6.42 Å². The Hall–Kier alpha value is -1.10. The number of likely N-dealkylation sites (tertiary alicyclic amines) is 1. The molecule has 0 aromatic heterocycles. The zero-order valence-corrected chi connectivity index (χ0v) is 13.6. The third-order valence-electron chi connectivity index (χ3n) is 4.89. The first-order valence-electron chi connectivity index (χ1n) is 8.29. The van der Waals surface area contributed by atoms with Crippen molar-refractivity contribution in [1.82, 2.24) is 15.1 Å². The van der Waals surface area contributed by atoms with E-state index in [1.165, 1.54) is 6.42 Å². The van der Waals surface area contributed by atoms with Gasteiger partial charge in [-0.2, -0.15) is 0 Å². The molecule has 1 N–H and O–H groups in total. The summed E-state index contributed by atoms with van der Waals surface area (Å²) >= 11 is 0. The average molecular weight is 295 g/mol. The first-order valence-corrected chi connectivity index (χ1v) is 8.29. The van der Waals surface area contributed by atoms with Gasteiger partial charge in [-0.15, -0.1) is 0 Å². The molecular formula is C16H29N3O2. The third kappa shape index (κ3) is 3.96. The number of hydrogen-bond acceptors (Lipinski definition) is 3. The molecule has 120 valence electrons. The molecule has 5 nitrogen and oxygen atoms in total. The monoisotopic (exact) mass is 295 g/mol.